The van der Waals surface area contributed by atoms with E-state index < -0.39 is 10.8 Å². The van der Waals surface area contributed by atoms with Gasteiger partial charge >= 0.3 is 0 Å². The molecule has 0 amide bonds. The Balaban J connectivity index is 2.29. The summed E-state index contributed by atoms with van der Waals surface area (Å²) in [5.41, 5.74) is 1.29. The van der Waals surface area contributed by atoms with Crippen molar-refractivity contribution < 1.29 is 8.95 Å². The highest BCUT2D eigenvalue weighted by Crippen LogP contribution is 2.16. The minimum absolute atomic E-state index is 0.521. The van der Waals surface area contributed by atoms with Gasteiger partial charge in [0.05, 0.1) is 17.4 Å². The summed E-state index contributed by atoms with van der Waals surface area (Å²) >= 11 is 0. The first-order valence-electron chi connectivity index (χ1n) is 6.83. The molecule has 3 nitrogen and oxygen atoms in total. The lowest BCUT2D eigenvalue weighted by Crippen LogP contribution is -2.21. The first kappa shape index (κ1) is 16.3. The van der Waals surface area contributed by atoms with E-state index in [0.717, 1.165) is 31.0 Å². The van der Waals surface area contributed by atoms with Gasteiger partial charge in [-0.25, -0.2) is 0 Å². The fraction of sp³-hybridized carbons (Fsp3) is 0.600. The van der Waals surface area contributed by atoms with Gasteiger partial charge in [0.15, 0.2) is 0 Å². The molecule has 0 saturated heterocycles. The molecule has 0 aliphatic carbocycles. The lowest BCUT2D eigenvalue weighted by molar-refractivity contribution is 0.199. The van der Waals surface area contributed by atoms with Crippen LogP contribution in [0.5, 0.6) is 0 Å². The second-order valence-corrected chi connectivity index (χ2v) is 6.44. The third-order valence-corrected chi connectivity index (χ3v) is 4.43. The zero-order valence-corrected chi connectivity index (χ0v) is 13.0. The van der Waals surface area contributed by atoms with E-state index in [0.29, 0.717) is 11.7 Å². The second kappa shape index (κ2) is 9.23. The van der Waals surface area contributed by atoms with Gasteiger partial charge in [-0.1, -0.05) is 26.0 Å². The highest BCUT2D eigenvalue weighted by molar-refractivity contribution is 7.85. The van der Waals surface area contributed by atoms with Gasteiger partial charge in [-0.15, -0.1) is 0 Å². The van der Waals surface area contributed by atoms with Gasteiger partial charge in [0.2, 0.25) is 0 Å². The number of hydrogen-bond donors (Lipinski definition) is 1. The lowest BCUT2D eigenvalue weighted by Gasteiger charge is -2.07. The van der Waals surface area contributed by atoms with E-state index in [1.165, 1.54) is 5.56 Å². The molecule has 0 fully saturated rings. The molecular weight excluding hydrogens is 258 g/mol. The summed E-state index contributed by atoms with van der Waals surface area (Å²) in [6, 6.07) is 8.14. The minimum atomic E-state index is -0.883. The van der Waals surface area contributed by atoms with Crippen molar-refractivity contribution in [3.8, 4) is 0 Å². The van der Waals surface area contributed by atoms with Crippen LogP contribution in [0, 0.1) is 0 Å². The summed E-state index contributed by atoms with van der Waals surface area (Å²) in [4.78, 5) is 0.932. The standard InChI is InChI=1S/C15H25NO2S/c1-13(2)14-5-7-15(8-6-14)19(17)12-4-9-16-10-11-18-3/h5-8,13,16H,4,9-12H2,1-3H3. The van der Waals surface area contributed by atoms with Crippen molar-refractivity contribution in [2.24, 2.45) is 0 Å². The number of rotatable bonds is 9. The van der Waals surface area contributed by atoms with Crippen molar-refractivity contribution in [2.75, 3.05) is 32.6 Å². The molecule has 0 bridgehead atoms. The third-order valence-electron chi connectivity index (χ3n) is 2.98. The molecule has 0 spiro atoms. The monoisotopic (exact) mass is 283 g/mol. The Hall–Kier alpha value is -0.710. The smallest absolute Gasteiger partial charge is 0.0587 e. The van der Waals surface area contributed by atoms with E-state index in [-0.39, 0.29) is 0 Å². The van der Waals surface area contributed by atoms with Crippen LogP contribution in [0.15, 0.2) is 29.2 Å². The molecule has 0 heterocycles. The van der Waals surface area contributed by atoms with E-state index in [2.05, 4.69) is 31.3 Å². The molecule has 1 rings (SSSR count). The average molecular weight is 283 g/mol. The lowest BCUT2D eigenvalue weighted by atomic mass is 10.0. The Bertz CT molecular complexity index is 376. The van der Waals surface area contributed by atoms with Gasteiger partial charge in [0, 0.05) is 24.3 Å². The van der Waals surface area contributed by atoms with E-state index >= 15 is 0 Å². The third kappa shape index (κ3) is 6.32. The fourth-order valence-corrected chi connectivity index (χ4v) is 2.83. The van der Waals surface area contributed by atoms with Gasteiger partial charge in [-0.2, -0.15) is 0 Å². The quantitative estimate of drug-likeness (QED) is 0.708. The maximum absolute atomic E-state index is 12.1. The van der Waals surface area contributed by atoms with Crippen molar-refractivity contribution in [2.45, 2.75) is 31.1 Å². The molecule has 19 heavy (non-hydrogen) atoms. The highest BCUT2D eigenvalue weighted by Gasteiger charge is 2.04. The fourth-order valence-electron chi connectivity index (χ4n) is 1.75. The van der Waals surface area contributed by atoms with Gasteiger partial charge < -0.3 is 10.1 Å². The summed E-state index contributed by atoms with van der Waals surface area (Å²) < 4.78 is 17.0. The molecule has 1 unspecified atom stereocenters. The van der Waals surface area contributed by atoms with E-state index in [9.17, 15) is 4.21 Å². The Morgan fingerprint density at radius 3 is 2.47 bits per heavy atom. The first-order chi connectivity index (χ1) is 9.15. The zero-order valence-electron chi connectivity index (χ0n) is 12.1. The van der Waals surface area contributed by atoms with E-state index in [4.69, 9.17) is 4.74 Å². The highest BCUT2D eigenvalue weighted by atomic mass is 32.2. The van der Waals surface area contributed by atoms with Gasteiger partial charge in [-0.05, 0) is 36.6 Å². The number of nitrogens with one attached hydrogen (secondary N) is 1. The van der Waals surface area contributed by atoms with Crippen LogP contribution in [0.25, 0.3) is 0 Å². The van der Waals surface area contributed by atoms with Crippen molar-refractivity contribution in [1.29, 1.82) is 0 Å². The topological polar surface area (TPSA) is 38.3 Å². The zero-order chi connectivity index (χ0) is 14.1. The van der Waals surface area contributed by atoms with Crippen molar-refractivity contribution >= 4 is 10.8 Å². The Labute approximate surface area is 119 Å². The summed E-state index contributed by atoms with van der Waals surface area (Å²) in [7, 11) is 0.809. The van der Waals surface area contributed by atoms with Crippen LogP contribution < -0.4 is 5.32 Å². The molecule has 0 aliphatic rings. The van der Waals surface area contributed by atoms with Gasteiger partial charge in [-0.3, -0.25) is 4.21 Å². The molecule has 0 radical (unpaired) electrons. The molecule has 1 aromatic carbocycles. The second-order valence-electron chi connectivity index (χ2n) is 4.87. The molecule has 108 valence electrons. The van der Waals surface area contributed by atoms with Crippen LogP contribution in [-0.2, 0) is 15.5 Å². The maximum atomic E-state index is 12.1. The van der Waals surface area contributed by atoms with E-state index in [1.54, 1.807) is 7.11 Å². The SMILES string of the molecule is COCCNCCCS(=O)c1ccc(C(C)C)cc1. The van der Waals surface area contributed by atoms with Crippen molar-refractivity contribution in [3.05, 3.63) is 29.8 Å². The molecule has 0 saturated carbocycles. The molecule has 0 aromatic heterocycles. The predicted molar refractivity (Wildman–Crippen MR) is 81.2 cm³/mol. The van der Waals surface area contributed by atoms with Crippen LogP contribution in [0.4, 0.5) is 0 Å². The Morgan fingerprint density at radius 1 is 1.21 bits per heavy atom. The maximum Gasteiger partial charge on any atom is 0.0587 e. The van der Waals surface area contributed by atoms with Gasteiger partial charge in [0.25, 0.3) is 0 Å². The number of methoxy groups -OCH3 is 1. The van der Waals surface area contributed by atoms with Crippen LogP contribution in [-0.4, -0.2) is 36.8 Å². The van der Waals surface area contributed by atoms with E-state index in [1.807, 2.05) is 12.1 Å². The summed E-state index contributed by atoms with van der Waals surface area (Å²) in [6.07, 6.45) is 0.919. The Morgan fingerprint density at radius 2 is 1.89 bits per heavy atom. The van der Waals surface area contributed by atoms with Crippen LogP contribution in [0.1, 0.15) is 31.7 Å². The minimum Gasteiger partial charge on any atom is -0.383 e. The summed E-state index contributed by atoms with van der Waals surface area (Å²) in [5.74, 6) is 1.23. The number of hydrogen-bond acceptors (Lipinski definition) is 3. The normalized spacial score (nSPS) is 12.8. The predicted octanol–water partition coefficient (Wildman–Crippen LogP) is 2.54. The largest absolute Gasteiger partial charge is 0.383 e. The molecule has 4 heteroatoms. The van der Waals surface area contributed by atoms with Crippen LogP contribution in [0.3, 0.4) is 0 Å². The van der Waals surface area contributed by atoms with Gasteiger partial charge in [0.1, 0.15) is 0 Å². The summed E-state index contributed by atoms with van der Waals surface area (Å²) in [6.45, 7) is 6.79. The van der Waals surface area contributed by atoms with Crippen molar-refractivity contribution in [1.82, 2.24) is 5.32 Å². The van der Waals surface area contributed by atoms with Crippen LogP contribution in [0.2, 0.25) is 0 Å². The average Bonchev–Trinajstić information content (AvgIpc) is 2.42. The summed E-state index contributed by atoms with van der Waals surface area (Å²) in [5, 5.41) is 3.26. The van der Waals surface area contributed by atoms with Crippen LogP contribution >= 0.6 is 0 Å². The molecule has 1 N–H and O–H groups in total. The molecule has 1 aromatic rings. The molecule has 1 atom stereocenters. The Kier molecular flexibility index (Phi) is 7.94. The molecule has 0 aliphatic heterocycles. The first-order valence-corrected chi connectivity index (χ1v) is 8.15. The van der Waals surface area contributed by atoms with Crippen molar-refractivity contribution in [3.63, 3.8) is 0 Å². The molecular formula is C15H25NO2S. The number of benzene rings is 1. The number of ether oxygens (including phenoxy) is 1.